The maximum absolute atomic E-state index is 13.7. The molecule has 0 aliphatic carbocycles. The lowest BCUT2D eigenvalue weighted by molar-refractivity contribution is 0.345. The SMILES string of the molecule is CC(c1ccccc1F)N(C)C(=N)C(C)(C)C. The molecule has 0 saturated heterocycles. The van der Waals surface area contributed by atoms with E-state index in [1.54, 1.807) is 12.1 Å². The monoisotopic (exact) mass is 236 g/mol. The average molecular weight is 236 g/mol. The summed E-state index contributed by atoms with van der Waals surface area (Å²) in [4.78, 5) is 1.82. The van der Waals surface area contributed by atoms with Gasteiger partial charge in [-0.3, -0.25) is 5.41 Å². The highest BCUT2D eigenvalue weighted by atomic mass is 19.1. The predicted molar refractivity (Wildman–Crippen MR) is 69.8 cm³/mol. The average Bonchev–Trinajstić information content (AvgIpc) is 2.25. The second-order valence-electron chi connectivity index (χ2n) is 5.41. The van der Waals surface area contributed by atoms with Crippen molar-refractivity contribution >= 4 is 5.84 Å². The zero-order valence-corrected chi connectivity index (χ0v) is 11.2. The molecule has 0 fully saturated rings. The Bertz CT molecular complexity index is 407. The van der Waals surface area contributed by atoms with Crippen LogP contribution in [0.25, 0.3) is 0 Å². The highest BCUT2D eigenvalue weighted by Crippen LogP contribution is 2.26. The first-order valence-corrected chi connectivity index (χ1v) is 5.81. The van der Waals surface area contributed by atoms with Crippen molar-refractivity contribution in [1.82, 2.24) is 4.90 Å². The summed E-state index contributed by atoms with van der Waals surface area (Å²) in [5, 5.41) is 8.10. The van der Waals surface area contributed by atoms with Crippen LogP contribution in [-0.4, -0.2) is 17.8 Å². The molecule has 1 N–H and O–H groups in total. The van der Waals surface area contributed by atoms with Crippen molar-refractivity contribution in [2.75, 3.05) is 7.05 Å². The Balaban J connectivity index is 2.95. The first-order chi connectivity index (χ1) is 7.75. The van der Waals surface area contributed by atoms with E-state index >= 15 is 0 Å². The summed E-state index contributed by atoms with van der Waals surface area (Å²) in [5.74, 6) is 0.293. The van der Waals surface area contributed by atoms with E-state index in [1.807, 2.05) is 45.7 Å². The zero-order chi connectivity index (χ0) is 13.2. The summed E-state index contributed by atoms with van der Waals surface area (Å²) >= 11 is 0. The van der Waals surface area contributed by atoms with E-state index in [4.69, 9.17) is 5.41 Å². The third-order valence-corrected chi connectivity index (χ3v) is 3.00. The van der Waals surface area contributed by atoms with E-state index in [1.165, 1.54) is 6.07 Å². The molecular formula is C14H21FN2. The van der Waals surface area contributed by atoms with Gasteiger partial charge in [-0.2, -0.15) is 0 Å². The smallest absolute Gasteiger partial charge is 0.128 e. The third-order valence-electron chi connectivity index (χ3n) is 3.00. The van der Waals surface area contributed by atoms with Gasteiger partial charge in [0.1, 0.15) is 11.7 Å². The lowest BCUT2D eigenvalue weighted by atomic mass is 9.93. The summed E-state index contributed by atoms with van der Waals surface area (Å²) < 4.78 is 13.7. The van der Waals surface area contributed by atoms with Gasteiger partial charge in [-0.1, -0.05) is 39.0 Å². The van der Waals surface area contributed by atoms with Crippen molar-refractivity contribution in [2.45, 2.75) is 33.7 Å². The summed E-state index contributed by atoms with van der Waals surface area (Å²) in [6.45, 7) is 7.87. The fraction of sp³-hybridized carbons (Fsp3) is 0.500. The quantitative estimate of drug-likeness (QED) is 0.613. The number of nitrogens with one attached hydrogen (secondary N) is 1. The number of rotatable bonds is 2. The minimum atomic E-state index is -0.228. The third kappa shape index (κ3) is 3.05. The van der Waals surface area contributed by atoms with Crippen LogP contribution >= 0.6 is 0 Å². The van der Waals surface area contributed by atoms with E-state index in [2.05, 4.69) is 0 Å². The molecule has 0 amide bonds. The fourth-order valence-electron chi connectivity index (χ4n) is 1.75. The molecule has 1 aromatic carbocycles. The van der Waals surface area contributed by atoms with Gasteiger partial charge in [0.05, 0.1) is 6.04 Å². The molecule has 0 radical (unpaired) electrons. The van der Waals surface area contributed by atoms with Gasteiger partial charge in [0.25, 0.3) is 0 Å². The van der Waals surface area contributed by atoms with E-state index in [9.17, 15) is 4.39 Å². The Labute approximate surface area is 103 Å². The molecule has 2 nitrogen and oxygen atoms in total. The van der Waals surface area contributed by atoms with Crippen molar-refractivity contribution in [1.29, 1.82) is 5.41 Å². The van der Waals surface area contributed by atoms with Crippen molar-refractivity contribution in [3.8, 4) is 0 Å². The molecule has 1 atom stereocenters. The molecule has 0 aliphatic heterocycles. The molecule has 17 heavy (non-hydrogen) atoms. The molecular weight excluding hydrogens is 215 g/mol. The van der Waals surface area contributed by atoms with Crippen molar-refractivity contribution in [3.63, 3.8) is 0 Å². The molecule has 0 aliphatic rings. The van der Waals surface area contributed by atoms with Gasteiger partial charge in [-0.05, 0) is 13.0 Å². The predicted octanol–water partition coefficient (Wildman–Crippen LogP) is 3.84. The van der Waals surface area contributed by atoms with Gasteiger partial charge in [-0.25, -0.2) is 4.39 Å². The molecule has 0 saturated carbocycles. The van der Waals surface area contributed by atoms with E-state index in [0.29, 0.717) is 11.4 Å². The molecule has 1 unspecified atom stereocenters. The number of halogens is 1. The molecule has 94 valence electrons. The van der Waals surface area contributed by atoms with Crippen LogP contribution in [0.2, 0.25) is 0 Å². The van der Waals surface area contributed by atoms with E-state index in [-0.39, 0.29) is 17.3 Å². The number of nitrogens with zero attached hydrogens (tertiary/aromatic N) is 1. The molecule has 0 aromatic heterocycles. The van der Waals surface area contributed by atoms with Crippen LogP contribution in [0.1, 0.15) is 39.3 Å². The largest absolute Gasteiger partial charge is 0.356 e. The van der Waals surface area contributed by atoms with Crippen molar-refractivity contribution < 1.29 is 4.39 Å². The lowest BCUT2D eigenvalue weighted by Crippen LogP contribution is -2.37. The van der Waals surface area contributed by atoms with Crippen LogP contribution in [0, 0.1) is 16.6 Å². The number of hydrogen-bond donors (Lipinski definition) is 1. The van der Waals surface area contributed by atoms with Gasteiger partial charge >= 0.3 is 0 Å². The highest BCUT2D eigenvalue weighted by Gasteiger charge is 2.25. The van der Waals surface area contributed by atoms with Crippen LogP contribution in [0.4, 0.5) is 4.39 Å². The van der Waals surface area contributed by atoms with Crippen LogP contribution in [0.3, 0.4) is 0 Å². The van der Waals surface area contributed by atoms with Crippen LogP contribution in [0.15, 0.2) is 24.3 Å². The van der Waals surface area contributed by atoms with Crippen LogP contribution in [0.5, 0.6) is 0 Å². The lowest BCUT2D eigenvalue weighted by Gasteiger charge is -2.34. The van der Waals surface area contributed by atoms with Crippen molar-refractivity contribution in [3.05, 3.63) is 35.6 Å². The summed E-state index contributed by atoms with van der Waals surface area (Å²) in [7, 11) is 1.84. The molecule has 3 heteroatoms. The molecule has 1 aromatic rings. The van der Waals surface area contributed by atoms with Crippen molar-refractivity contribution in [2.24, 2.45) is 5.41 Å². The first kappa shape index (κ1) is 13.7. The minimum Gasteiger partial charge on any atom is -0.356 e. The second kappa shape index (κ2) is 4.86. The fourth-order valence-corrected chi connectivity index (χ4v) is 1.75. The topological polar surface area (TPSA) is 27.1 Å². The van der Waals surface area contributed by atoms with E-state index < -0.39 is 0 Å². The van der Waals surface area contributed by atoms with Gasteiger partial charge in [-0.15, -0.1) is 0 Å². The zero-order valence-electron chi connectivity index (χ0n) is 11.2. The highest BCUT2D eigenvalue weighted by molar-refractivity contribution is 5.84. The van der Waals surface area contributed by atoms with Gasteiger partial charge in [0, 0.05) is 18.0 Å². The second-order valence-corrected chi connectivity index (χ2v) is 5.41. The van der Waals surface area contributed by atoms with Gasteiger partial charge in [0.2, 0.25) is 0 Å². The van der Waals surface area contributed by atoms with Gasteiger partial charge in [0.15, 0.2) is 0 Å². The maximum atomic E-state index is 13.7. The standard InChI is InChI=1S/C14H21FN2/c1-10(11-8-6-7-9-12(11)15)17(5)13(16)14(2,3)4/h6-10,16H,1-5H3. The Kier molecular flexibility index (Phi) is 3.91. The number of benzene rings is 1. The maximum Gasteiger partial charge on any atom is 0.128 e. The van der Waals surface area contributed by atoms with Crippen LogP contribution < -0.4 is 0 Å². The first-order valence-electron chi connectivity index (χ1n) is 5.81. The number of hydrogen-bond acceptors (Lipinski definition) is 1. The Hall–Kier alpha value is -1.38. The summed E-state index contributed by atoms with van der Waals surface area (Å²) in [6.07, 6.45) is 0. The minimum absolute atomic E-state index is 0.136. The van der Waals surface area contributed by atoms with E-state index in [0.717, 1.165) is 0 Å². The number of amidine groups is 1. The summed E-state index contributed by atoms with van der Waals surface area (Å²) in [5.41, 5.74) is 0.401. The Morgan fingerprint density at radius 3 is 2.29 bits per heavy atom. The molecule has 0 bridgehead atoms. The molecule has 0 heterocycles. The molecule has 0 spiro atoms. The normalized spacial score (nSPS) is 13.3. The van der Waals surface area contributed by atoms with Gasteiger partial charge < -0.3 is 4.90 Å². The van der Waals surface area contributed by atoms with Crippen LogP contribution in [-0.2, 0) is 0 Å². The summed E-state index contributed by atoms with van der Waals surface area (Å²) in [6, 6.07) is 6.60. The Morgan fingerprint density at radius 1 is 1.29 bits per heavy atom. The Morgan fingerprint density at radius 2 is 1.82 bits per heavy atom. The molecule has 1 rings (SSSR count).